The third-order valence-electron chi connectivity index (χ3n) is 4.40. The predicted octanol–water partition coefficient (Wildman–Crippen LogP) is 5.49. The van der Waals surface area contributed by atoms with E-state index >= 15 is 0 Å². The Bertz CT molecular complexity index is 655. The Hall–Kier alpha value is -1.79. The molecule has 0 spiro atoms. The van der Waals surface area contributed by atoms with Crippen molar-refractivity contribution in [2.24, 2.45) is 0 Å². The van der Waals surface area contributed by atoms with E-state index in [4.69, 9.17) is 5.21 Å². The van der Waals surface area contributed by atoms with Gasteiger partial charge in [0.05, 0.1) is 0 Å². The fourth-order valence-electron chi connectivity index (χ4n) is 2.69. The molecule has 0 aromatic carbocycles. The van der Waals surface area contributed by atoms with Crippen LogP contribution in [0.2, 0.25) is 0 Å². The Morgan fingerprint density at radius 3 is 2.10 bits per heavy atom. The minimum absolute atomic E-state index is 0.296. The first-order chi connectivity index (χ1) is 14.1. The van der Waals surface area contributed by atoms with Gasteiger partial charge in [-0.15, -0.1) is 0 Å². The van der Waals surface area contributed by atoms with Gasteiger partial charge in [0, 0.05) is 18.4 Å². The van der Waals surface area contributed by atoms with Crippen LogP contribution in [-0.4, -0.2) is 34.6 Å². The molecule has 0 aromatic heterocycles. The SMILES string of the molecule is CC(=O)NC(CSCC=C(CC=C(C)C)CCC=C(C)CCC=C(C)C)C(=O)NO. The van der Waals surface area contributed by atoms with Gasteiger partial charge in [0.15, 0.2) is 0 Å². The molecule has 2 amide bonds. The zero-order chi connectivity index (χ0) is 22.9. The highest BCUT2D eigenvalue weighted by Gasteiger charge is 2.18. The van der Waals surface area contributed by atoms with Gasteiger partial charge >= 0.3 is 0 Å². The van der Waals surface area contributed by atoms with E-state index in [-0.39, 0.29) is 5.91 Å². The summed E-state index contributed by atoms with van der Waals surface area (Å²) in [5.41, 5.74) is 7.08. The van der Waals surface area contributed by atoms with E-state index in [9.17, 15) is 9.59 Å². The number of carbonyl (C=O) groups excluding carboxylic acids is 2. The molecular weight excluding hydrogens is 396 g/mol. The first kappa shape index (κ1) is 28.2. The summed E-state index contributed by atoms with van der Waals surface area (Å²) in [6.07, 6.45) is 14.2. The third-order valence-corrected chi connectivity index (χ3v) is 5.37. The van der Waals surface area contributed by atoms with Crippen LogP contribution in [0.1, 0.15) is 73.6 Å². The molecule has 0 saturated heterocycles. The van der Waals surface area contributed by atoms with Crippen molar-refractivity contribution in [1.29, 1.82) is 0 Å². The first-order valence-electron chi connectivity index (χ1n) is 10.5. The average Bonchev–Trinajstić information content (AvgIpc) is 2.66. The summed E-state index contributed by atoms with van der Waals surface area (Å²) in [7, 11) is 0. The summed E-state index contributed by atoms with van der Waals surface area (Å²) in [5.74, 6) is 0.266. The standard InChI is InChI=1S/C24H40N2O3S/c1-18(2)9-7-10-20(5)11-8-12-22(14-13-19(3)4)15-16-30-17-23(24(28)26-29)25-21(6)27/h9,11,13,15,23,29H,7-8,10,12,14,16-17H2,1-6H3,(H,25,27)(H,26,28). The van der Waals surface area contributed by atoms with Gasteiger partial charge in [0.1, 0.15) is 6.04 Å². The summed E-state index contributed by atoms with van der Waals surface area (Å²) in [6, 6.07) is -0.737. The number of thioether (sulfide) groups is 1. The molecule has 1 unspecified atom stereocenters. The van der Waals surface area contributed by atoms with Crippen LogP contribution in [-0.2, 0) is 9.59 Å². The molecule has 6 heteroatoms. The van der Waals surface area contributed by atoms with Crippen LogP contribution in [0.25, 0.3) is 0 Å². The minimum Gasteiger partial charge on any atom is -0.344 e. The van der Waals surface area contributed by atoms with Crippen molar-refractivity contribution >= 4 is 23.6 Å². The van der Waals surface area contributed by atoms with E-state index in [1.807, 2.05) is 0 Å². The lowest BCUT2D eigenvalue weighted by atomic mass is 10.0. The Labute approximate surface area is 187 Å². The second-order valence-electron chi connectivity index (χ2n) is 8.02. The van der Waals surface area contributed by atoms with Crippen molar-refractivity contribution in [1.82, 2.24) is 10.8 Å². The van der Waals surface area contributed by atoms with E-state index in [1.54, 1.807) is 17.2 Å². The molecule has 170 valence electrons. The summed E-state index contributed by atoms with van der Waals surface area (Å²) in [6.45, 7) is 12.0. The van der Waals surface area contributed by atoms with Gasteiger partial charge in [-0.05, 0) is 66.7 Å². The third kappa shape index (κ3) is 16.1. The maximum absolute atomic E-state index is 11.6. The van der Waals surface area contributed by atoms with Crippen LogP contribution in [0, 0.1) is 0 Å². The summed E-state index contributed by atoms with van der Waals surface area (Å²) in [5, 5.41) is 11.4. The normalized spacial score (nSPS) is 12.8. The lowest BCUT2D eigenvalue weighted by Crippen LogP contribution is -2.46. The van der Waals surface area contributed by atoms with Crippen molar-refractivity contribution in [3.8, 4) is 0 Å². The number of hydroxylamine groups is 1. The quantitative estimate of drug-likeness (QED) is 0.146. The second kappa shape index (κ2) is 16.9. The van der Waals surface area contributed by atoms with Crippen molar-refractivity contribution < 1.29 is 14.8 Å². The zero-order valence-electron chi connectivity index (χ0n) is 19.5. The molecule has 0 rings (SSSR count). The monoisotopic (exact) mass is 436 g/mol. The maximum atomic E-state index is 11.6. The van der Waals surface area contributed by atoms with Gasteiger partial charge in [-0.3, -0.25) is 14.8 Å². The number of nitrogens with one attached hydrogen (secondary N) is 2. The minimum atomic E-state index is -0.737. The lowest BCUT2D eigenvalue weighted by molar-refractivity contribution is -0.133. The Morgan fingerprint density at radius 1 is 0.900 bits per heavy atom. The molecule has 30 heavy (non-hydrogen) atoms. The van der Waals surface area contributed by atoms with E-state index in [0.717, 1.165) is 37.9 Å². The number of amides is 2. The number of carbonyl (C=O) groups is 2. The molecule has 0 saturated carbocycles. The smallest absolute Gasteiger partial charge is 0.266 e. The number of rotatable bonds is 14. The topological polar surface area (TPSA) is 78.4 Å². The number of hydrogen-bond donors (Lipinski definition) is 3. The molecule has 5 nitrogen and oxygen atoms in total. The average molecular weight is 437 g/mol. The molecule has 0 fully saturated rings. The molecule has 0 bridgehead atoms. The highest BCUT2D eigenvalue weighted by molar-refractivity contribution is 7.99. The van der Waals surface area contributed by atoms with Gasteiger partial charge in [-0.1, -0.05) is 46.6 Å². The van der Waals surface area contributed by atoms with Gasteiger partial charge in [-0.2, -0.15) is 11.8 Å². The van der Waals surface area contributed by atoms with E-state index < -0.39 is 11.9 Å². The highest BCUT2D eigenvalue weighted by atomic mass is 32.2. The van der Waals surface area contributed by atoms with Gasteiger partial charge in [0.25, 0.3) is 5.91 Å². The molecule has 1 atom stereocenters. The van der Waals surface area contributed by atoms with Crippen LogP contribution >= 0.6 is 11.8 Å². The maximum Gasteiger partial charge on any atom is 0.266 e. The second-order valence-corrected chi connectivity index (χ2v) is 9.10. The number of hydrogen-bond acceptors (Lipinski definition) is 4. The Kier molecular flexibility index (Phi) is 15.9. The molecule has 3 N–H and O–H groups in total. The fourth-order valence-corrected chi connectivity index (χ4v) is 3.65. The van der Waals surface area contributed by atoms with E-state index in [1.165, 1.54) is 29.2 Å². The van der Waals surface area contributed by atoms with Crippen LogP contribution < -0.4 is 10.8 Å². The lowest BCUT2D eigenvalue weighted by Gasteiger charge is -2.14. The molecule has 0 aliphatic carbocycles. The Morgan fingerprint density at radius 2 is 1.53 bits per heavy atom. The van der Waals surface area contributed by atoms with Crippen molar-refractivity contribution in [2.75, 3.05) is 11.5 Å². The first-order valence-corrected chi connectivity index (χ1v) is 11.7. The predicted molar refractivity (Wildman–Crippen MR) is 129 cm³/mol. The van der Waals surface area contributed by atoms with Crippen molar-refractivity contribution in [3.63, 3.8) is 0 Å². The van der Waals surface area contributed by atoms with Gasteiger partial charge in [-0.25, -0.2) is 5.48 Å². The van der Waals surface area contributed by atoms with Crippen molar-refractivity contribution in [3.05, 3.63) is 46.6 Å². The molecule has 0 heterocycles. The molecule has 0 aliphatic rings. The highest BCUT2D eigenvalue weighted by Crippen LogP contribution is 2.17. The number of allylic oxidation sites excluding steroid dienone is 7. The molecular formula is C24H40N2O3S. The Balaban J connectivity index is 4.74. The largest absolute Gasteiger partial charge is 0.344 e. The summed E-state index contributed by atoms with van der Waals surface area (Å²) < 4.78 is 0. The zero-order valence-corrected chi connectivity index (χ0v) is 20.3. The fraction of sp³-hybridized carbons (Fsp3) is 0.583. The molecule has 0 aliphatic heterocycles. The van der Waals surface area contributed by atoms with Crippen LogP contribution in [0.4, 0.5) is 0 Å². The van der Waals surface area contributed by atoms with Crippen LogP contribution in [0.15, 0.2) is 46.6 Å². The van der Waals surface area contributed by atoms with Crippen LogP contribution in [0.3, 0.4) is 0 Å². The molecule has 0 radical (unpaired) electrons. The van der Waals surface area contributed by atoms with E-state index in [2.05, 4.69) is 64.2 Å². The van der Waals surface area contributed by atoms with Gasteiger partial charge in [0.2, 0.25) is 5.91 Å². The molecule has 0 aromatic rings. The van der Waals surface area contributed by atoms with Crippen molar-refractivity contribution in [2.45, 2.75) is 79.7 Å². The van der Waals surface area contributed by atoms with Gasteiger partial charge < -0.3 is 5.32 Å². The summed E-state index contributed by atoms with van der Waals surface area (Å²) >= 11 is 1.56. The van der Waals surface area contributed by atoms with E-state index in [0.29, 0.717) is 5.75 Å². The van der Waals surface area contributed by atoms with Crippen LogP contribution in [0.5, 0.6) is 0 Å². The summed E-state index contributed by atoms with van der Waals surface area (Å²) in [4.78, 5) is 22.9.